The summed E-state index contributed by atoms with van der Waals surface area (Å²) in [5.74, 6) is 0. The second kappa shape index (κ2) is 5.28. The Kier molecular flexibility index (Phi) is 3.56. The minimum absolute atomic E-state index is 0.817. The van der Waals surface area contributed by atoms with Crippen LogP contribution >= 0.6 is 0 Å². The molecule has 1 aliphatic heterocycles. The van der Waals surface area contributed by atoms with E-state index in [1.165, 1.54) is 50.1 Å². The fraction of sp³-hybridized carbons (Fsp3) is 0.350. The van der Waals surface area contributed by atoms with Crippen molar-refractivity contribution in [3.8, 4) is 0 Å². The summed E-state index contributed by atoms with van der Waals surface area (Å²) in [5.41, 5.74) is 16.4. The van der Waals surface area contributed by atoms with Crippen molar-refractivity contribution in [1.29, 1.82) is 0 Å². The summed E-state index contributed by atoms with van der Waals surface area (Å²) in [4.78, 5) is 0. The van der Waals surface area contributed by atoms with Gasteiger partial charge in [0, 0.05) is 11.1 Å². The highest BCUT2D eigenvalue weighted by atomic mass is 15.3. The Labute approximate surface area is 133 Å². The summed E-state index contributed by atoms with van der Waals surface area (Å²) in [6, 6.07) is 6.61. The van der Waals surface area contributed by atoms with Crippen LogP contribution in [0.1, 0.15) is 50.1 Å². The number of rotatable bonds is 1. The Morgan fingerprint density at radius 3 is 2.18 bits per heavy atom. The number of nitrogens with zero attached hydrogens (tertiary/aromatic N) is 1. The molecule has 0 atom stereocenters. The van der Waals surface area contributed by atoms with E-state index in [0.29, 0.717) is 0 Å². The lowest BCUT2D eigenvalue weighted by Crippen LogP contribution is -2.24. The molecule has 0 aromatic heterocycles. The third kappa shape index (κ3) is 2.14. The van der Waals surface area contributed by atoms with Gasteiger partial charge in [-0.05, 0) is 86.6 Å². The Morgan fingerprint density at radius 2 is 1.50 bits per heavy atom. The number of aryl methyl sites for hydroxylation is 2. The second-order valence-corrected chi connectivity index (χ2v) is 6.45. The molecular weight excluding hydrogens is 268 g/mol. The van der Waals surface area contributed by atoms with Crippen molar-refractivity contribution in [2.24, 2.45) is 5.10 Å². The summed E-state index contributed by atoms with van der Waals surface area (Å²) in [6.07, 6.45) is 0. The van der Waals surface area contributed by atoms with Gasteiger partial charge >= 0.3 is 0 Å². The second-order valence-electron chi connectivity index (χ2n) is 6.45. The molecule has 2 aromatic rings. The molecule has 0 saturated heterocycles. The zero-order valence-corrected chi connectivity index (χ0v) is 14.4. The van der Waals surface area contributed by atoms with Gasteiger partial charge in [-0.15, -0.1) is 0 Å². The number of benzene rings is 2. The van der Waals surface area contributed by atoms with Crippen LogP contribution in [0, 0.1) is 41.5 Å². The van der Waals surface area contributed by atoms with Crippen LogP contribution in [-0.2, 0) is 6.54 Å². The molecule has 0 spiro atoms. The maximum Gasteiger partial charge on any atom is 0.0980 e. The predicted molar refractivity (Wildman–Crippen MR) is 93.8 cm³/mol. The summed E-state index contributed by atoms with van der Waals surface area (Å²) < 4.78 is 0. The number of fused-ring (bicyclic) bond motifs is 1. The van der Waals surface area contributed by atoms with Crippen LogP contribution in [-0.4, -0.2) is 5.71 Å². The molecule has 0 bridgehead atoms. The molecule has 2 nitrogen and oxygen atoms in total. The van der Waals surface area contributed by atoms with Gasteiger partial charge in [0.1, 0.15) is 0 Å². The molecule has 1 N–H and O–H groups in total. The maximum atomic E-state index is 4.65. The molecule has 0 amide bonds. The third-order valence-corrected chi connectivity index (χ3v) is 5.28. The van der Waals surface area contributed by atoms with E-state index in [0.717, 1.165) is 12.3 Å². The Morgan fingerprint density at radius 1 is 0.818 bits per heavy atom. The van der Waals surface area contributed by atoms with E-state index in [9.17, 15) is 0 Å². The molecule has 2 heteroatoms. The lowest BCUT2D eigenvalue weighted by molar-refractivity contribution is 0.722. The van der Waals surface area contributed by atoms with Gasteiger partial charge in [0.2, 0.25) is 0 Å². The molecule has 1 heterocycles. The number of hydrazone groups is 1. The van der Waals surface area contributed by atoms with Crippen molar-refractivity contribution < 1.29 is 0 Å². The normalized spacial score (nSPS) is 13.5. The minimum Gasteiger partial charge on any atom is -0.305 e. The highest BCUT2D eigenvalue weighted by molar-refractivity contribution is 6.15. The van der Waals surface area contributed by atoms with Gasteiger partial charge in [-0.2, -0.15) is 5.10 Å². The topological polar surface area (TPSA) is 24.4 Å². The van der Waals surface area contributed by atoms with Gasteiger partial charge in [0.25, 0.3) is 0 Å². The number of hydrogen-bond acceptors (Lipinski definition) is 2. The third-order valence-electron chi connectivity index (χ3n) is 5.28. The molecule has 22 heavy (non-hydrogen) atoms. The molecule has 3 rings (SSSR count). The lowest BCUT2D eigenvalue weighted by atomic mass is 9.84. The number of hydrogen-bond donors (Lipinski definition) is 1. The van der Waals surface area contributed by atoms with Crippen LogP contribution < -0.4 is 5.43 Å². The standard InChI is InChI=1S/C20H24N2/c1-11-7-8-17(9-12(11)2)20-19-16(6)14(4)13(3)15(5)18(19)10-21-22-20/h7-9,21H,10H2,1-6H3. The van der Waals surface area contributed by atoms with Crippen LogP contribution in [0.4, 0.5) is 0 Å². The van der Waals surface area contributed by atoms with E-state index < -0.39 is 0 Å². The molecule has 114 valence electrons. The number of nitrogens with one attached hydrogen (secondary N) is 1. The van der Waals surface area contributed by atoms with Gasteiger partial charge in [-0.1, -0.05) is 12.1 Å². The Bertz CT molecular complexity index is 798. The van der Waals surface area contributed by atoms with Crippen LogP contribution in [0.25, 0.3) is 0 Å². The summed E-state index contributed by atoms with van der Waals surface area (Å²) in [5, 5.41) is 4.65. The molecule has 0 radical (unpaired) electrons. The molecule has 0 unspecified atom stereocenters. The first kappa shape index (κ1) is 14.8. The quantitative estimate of drug-likeness (QED) is 0.828. The van der Waals surface area contributed by atoms with E-state index in [1.807, 2.05) is 0 Å². The molecule has 2 aromatic carbocycles. The first-order chi connectivity index (χ1) is 10.4. The SMILES string of the molecule is Cc1ccc(C2=NNCc3c(C)c(C)c(C)c(C)c32)cc1C. The fourth-order valence-corrected chi connectivity index (χ4v) is 3.28. The first-order valence-electron chi connectivity index (χ1n) is 7.89. The molecular formula is C20H24N2. The smallest absolute Gasteiger partial charge is 0.0980 e. The van der Waals surface area contributed by atoms with E-state index in [4.69, 9.17) is 0 Å². The van der Waals surface area contributed by atoms with Gasteiger partial charge in [-0.3, -0.25) is 0 Å². The lowest BCUT2D eigenvalue weighted by Gasteiger charge is -2.25. The Hall–Kier alpha value is -2.09. The molecule has 0 fully saturated rings. The van der Waals surface area contributed by atoms with Gasteiger partial charge in [0.05, 0.1) is 12.3 Å². The average molecular weight is 292 g/mol. The predicted octanol–water partition coefficient (Wildman–Crippen LogP) is 4.39. The van der Waals surface area contributed by atoms with Crippen molar-refractivity contribution in [3.05, 3.63) is 68.3 Å². The zero-order valence-electron chi connectivity index (χ0n) is 14.4. The van der Waals surface area contributed by atoms with Gasteiger partial charge in [-0.25, -0.2) is 0 Å². The first-order valence-corrected chi connectivity index (χ1v) is 7.89. The fourth-order valence-electron chi connectivity index (χ4n) is 3.28. The highest BCUT2D eigenvalue weighted by Gasteiger charge is 2.23. The maximum absolute atomic E-state index is 4.65. The van der Waals surface area contributed by atoms with Gasteiger partial charge in [0.15, 0.2) is 0 Å². The summed E-state index contributed by atoms with van der Waals surface area (Å²) in [6.45, 7) is 14.0. The van der Waals surface area contributed by atoms with Crippen LogP contribution in [0.15, 0.2) is 23.3 Å². The monoisotopic (exact) mass is 292 g/mol. The largest absolute Gasteiger partial charge is 0.305 e. The zero-order chi connectivity index (χ0) is 16.0. The van der Waals surface area contributed by atoms with E-state index in [-0.39, 0.29) is 0 Å². The van der Waals surface area contributed by atoms with Crippen molar-refractivity contribution in [3.63, 3.8) is 0 Å². The average Bonchev–Trinajstić information content (AvgIpc) is 2.52. The molecule has 0 aliphatic carbocycles. The van der Waals surface area contributed by atoms with Crippen molar-refractivity contribution >= 4 is 5.71 Å². The van der Waals surface area contributed by atoms with Crippen molar-refractivity contribution in [2.75, 3.05) is 0 Å². The van der Waals surface area contributed by atoms with E-state index in [2.05, 4.69) is 70.3 Å². The van der Waals surface area contributed by atoms with Crippen molar-refractivity contribution in [1.82, 2.24) is 5.43 Å². The van der Waals surface area contributed by atoms with Crippen LogP contribution in [0.3, 0.4) is 0 Å². The van der Waals surface area contributed by atoms with E-state index >= 15 is 0 Å². The Balaban J connectivity index is 2.26. The van der Waals surface area contributed by atoms with Crippen LogP contribution in [0.5, 0.6) is 0 Å². The van der Waals surface area contributed by atoms with E-state index in [1.54, 1.807) is 0 Å². The molecule has 1 aliphatic rings. The van der Waals surface area contributed by atoms with Crippen molar-refractivity contribution in [2.45, 2.75) is 48.1 Å². The highest BCUT2D eigenvalue weighted by Crippen LogP contribution is 2.31. The van der Waals surface area contributed by atoms with Gasteiger partial charge < -0.3 is 5.43 Å². The molecule has 0 saturated carbocycles. The minimum atomic E-state index is 0.817. The summed E-state index contributed by atoms with van der Waals surface area (Å²) in [7, 11) is 0. The summed E-state index contributed by atoms with van der Waals surface area (Å²) >= 11 is 0. The van der Waals surface area contributed by atoms with Crippen LogP contribution in [0.2, 0.25) is 0 Å².